The van der Waals surface area contributed by atoms with Gasteiger partial charge in [-0.1, -0.05) is 36.4 Å². The molecule has 2 aromatic carbocycles. The van der Waals surface area contributed by atoms with Gasteiger partial charge in [0.25, 0.3) is 0 Å². The Kier molecular flexibility index (Phi) is 7.87. The highest BCUT2D eigenvalue weighted by Gasteiger charge is 2.21. The topological polar surface area (TPSA) is 84.9 Å². The van der Waals surface area contributed by atoms with E-state index in [0.717, 1.165) is 11.1 Å². The summed E-state index contributed by atoms with van der Waals surface area (Å²) in [7, 11) is 1.55. The van der Waals surface area contributed by atoms with Gasteiger partial charge in [0.2, 0.25) is 5.91 Å². The molecule has 2 N–H and O–H groups in total. The van der Waals surface area contributed by atoms with E-state index in [2.05, 4.69) is 5.32 Å². The van der Waals surface area contributed by atoms with Crippen molar-refractivity contribution in [1.29, 1.82) is 0 Å². The van der Waals surface area contributed by atoms with Crippen molar-refractivity contribution in [2.75, 3.05) is 13.7 Å². The predicted molar refractivity (Wildman–Crippen MR) is 107 cm³/mol. The lowest BCUT2D eigenvalue weighted by atomic mass is 9.98. The van der Waals surface area contributed by atoms with Gasteiger partial charge in [-0.3, -0.25) is 9.59 Å². The van der Waals surface area contributed by atoms with E-state index in [1.165, 1.54) is 0 Å². The number of benzene rings is 2. The number of hydrogen-bond donors (Lipinski definition) is 2. The van der Waals surface area contributed by atoms with Crippen LogP contribution < -0.4 is 14.8 Å². The Labute approximate surface area is 165 Å². The minimum absolute atomic E-state index is 0.00135. The van der Waals surface area contributed by atoms with E-state index in [9.17, 15) is 14.7 Å². The highest BCUT2D eigenvalue weighted by Crippen LogP contribution is 2.22. The van der Waals surface area contributed by atoms with Crippen LogP contribution >= 0.6 is 0 Å². The van der Waals surface area contributed by atoms with Crippen LogP contribution in [0.3, 0.4) is 0 Å². The first kappa shape index (κ1) is 21.3. The van der Waals surface area contributed by atoms with Crippen LogP contribution in [-0.2, 0) is 22.4 Å². The zero-order valence-corrected chi connectivity index (χ0v) is 16.5. The smallest absolute Gasteiger partial charge is 0.308 e. The number of aliphatic carboxylic acids is 1. The van der Waals surface area contributed by atoms with E-state index < -0.39 is 11.9 Å². The van der Waals surface area contributed by atoms with Crippen LogP contribution in [0.25, 0.3) is 0 Å². The largest absolute Gasteiger partial charge is 0.496 e. The summed E-state index contributed by atoms with van der Waals surface area (Å²) in [5.74, 6) is -0.653. The molecule has 1 unspecified atom stereocenters. The Morgan fingerprint density at radius 1 is 1.00 bits per heavy atom. The second kappa shape index (κ2) is 10.3. The second-order valence-electron chi connectivity index (χ2n) is 6.81. The highest BCUT2D eigenvalue weighted by atomic mass is 16.5. The predicted octanol–water partition coefficient (Wildman–Crippen LogP) is 3.08. The number of rotatable bonds is 10. The molecule has 0 aromatic heterocycles. The maximum Gasteiger partial charge on any atom is 0.308 e. The van der Waals surface area contributed by atoms with E-state index in [-0.39, 0.29) is 31.4 Å². The van der Waals surface area contributed by atoms with E-state index in [0.29, 0.717) is 11.5 Å². The Hall–Kier alpha value is -3.02. The van der Waals surface area contributed by atoms with E-state index >= 15 is 0 Å². The average Bonchev–Trinajstić information content (AvgIpc) is 2.66. The quantitative estimate of drug-likeness (QED) is 0.657. The third kappa shape index (κ3) is 6.30. The van der Waals surface area contributed by atoms with Gasteiger partial charge in [0.05, 0.1) is 25.6 Å². The molecule has 0 spiro atoms. The van der Waals surface area contributed by atoms with Gasteiger partial charge >= 0.3 is 5.97 Å². The Morgan fingerprint density at radius 3 is 2.21 bits per heavy atom. The fourth-order valence-corrected chi connectivity index (χ4v) is 2.88. The van der Waals surface area contributed by atoms with Crippen LogP contribution in [0.2, 0.25) is 0 Å². The molecule has 0 aliphatic carbocycles. The highest BCUT2D eigenvalue weighted by molar-refractivity contribution is 5.80. The summed E-state index contributed by atoms with van der Waals surface area (Å²) in [4.78, 5) is 24.0. The minimum atomic E-state index is -0.963. The van der Waals surface area contributed by atoms with Gasteiger partial charge in [0, 0.05) is 12.1 Å². The van der Waals surface area contributed by atoms with Gasteiger partial charge < -0.3 is 19.9 Å². The normalized spacial score (nSPS) is 11.7. The number of para-hydroxylation sites is 2. The van der Waals surface area contributed by atoms with E-state index in [1.807, 2.05) is 56.3 Å². The van der Waals surface area contributed by atoms with Crippen molar-refractivity contribution in [3.8, 4) is 11.5 Å². The van der Waals surface area contributed by atoms with Gasteiger partial charge in [-0.25, -0.2) is 0 Å². The van der Waals surface area contributed by atoms with Crippen LogP contribution in [0.15, 0.2) is 48.5 Å². The van der Waals surface area contributed by atoms with Crippen LogP contribution in [0.4, 0.5) is 0 Å². The summed E-state index contributed by atoms with van der Waals surface area (Å²) in [5, 5.41) is 12.3. The molecule has 6 heteroatoms. The molecule has 0 saturated heterocycles. The second-order valence-corrected chi connectivity index (χ2v) is 6.81. The third-order valence-electron chi connectivity index (χ3n) is 4.24. The van der Waals surface area contributed by atoms with E-state index in [4.69, 9.17) is 9.47 Å². The zero-order valence-electron chi connectivity index (χ0n) is 16.5. The molecule has 0 bridgehead atoms. The third-order valence-corrected chi connectivity index (χ3v) is 4.24. The molecule has 0 radical (unpaired) electrons. The Bertz CT molecular complexity index is 803. The first-order valence-electron chi connectivity index (χ1n) is 9.26. The van der Waals surface area contributed by atoms with Crippen molar-refractivity contribution in [2.45, 2.75) is 32.8 Å². The molecule has 2 aromatic rings. The summed E-state index contributed by atoms with van der Waals surface area (Å²) in [6.07, 6.45) is 0.401. The lowest BCUT2D eigenvalue weighted by Gasteiger charge is -2.16. The van der Waals surface area contributed by atoms with Crippen molar-refractivity contribution in [1.82, 2.24) is 5.32 Å². The number of carboxylic acids is 1. The van der Waals surface area contributed by atoms with Crippen molar-refractivity contribution in [2.24, 2.45) is 5.92 Å². The lowest BCUT2D eigenvalue weighted by Crippen LogP contribution is -2.35. The average molecular weight is 385 g/mol. The summed E-state index contributed by atoms with van der Waals surface area (Å²) in [6.45, 7) is 3.89. The molecule has 28 heavy (non-hydrogen) atoms. The SMILES string of the molecule is COc1ccccc1CC(CNC(=O)Cc1ccccc1OC(C)C)C(=O)O. The van der Waals surface area contributed by atoms with Crippen molar-refractivity contribution in [3.63, 3.8) is 0 Å². The van der Waals surface area contributed by atoms with Crippen molar-refractivity contribution in [3.05, 3.63) is 59.7 Å². The molecule has 2 rings (SSSR count). The molecule has 1 amide bonds. The summed E-state index contributed by atoms with van der Waals surface area (Å²) in [5.41, 5.74) is 1.56. The maximum absolute atomic E-state index is 12.4. The summed E-state index contributed by atoms with van der Waals surface area (Å²) < 4.78 is 11.0. The fourth-order valence-electron chi connectivity index (χ4n) is 2.88. The van der Waals surface area contributed by atoms with Crippen molar-refractivity contribution >= 4 is 11.9 Å². The summed E-state index contributed by atoms with van der Waals surface area (Å²) >= 11 is 0. The summed E-state index contributed by atoms with van der Waals surface area (Å²) in [6, 6.07) is 14.6. The van der Waals surface area contributed by atoms with Gasteiger partial charge in [0.15, 0.2) is 0 Å². The minimum Gasteiger partial charge on any atom is -0.496 e. The lowest BCUT2D eigenvalue weighted by molar-refractivity contribution is -0.141. The number of ether oxygens (including phenoxy) is 2. The monoisotopic (exact) mass is 385 g/mol. The molecular weight excluding hydrogens is 358 g/mol. The van der Waals surface area contributed by atoms with Gasteiger partial charge in [-0.05, 0) is 38.0 Å². The zero-order chi connectivity index (χ0) is 20.5. The maximum atomic E-state index is 12.4. The number of methoxy groups -OCH3 is 1. The molecule has 0 heterocycles. The number of hydrogen-bond acceptors (Lipinski definition) is 4. The van der Waals surface area contributed by atoms with Crippen LogP contribution in [-0.4, -0.2) is 36.7 Å². The standard InChI is InChI=1S/C22H27NO5/c1-15(2)28-20-11-7-5-9-17(20)13-21(24)23-14-18(22(25)26)12-16-8-4-6-10-19(16)27-3/h4-11,15,18H,12-14H2,1-3H3,(H,23,24)(H,25,26). The molecule has 0 fully saturated rings. The molecule has 0 saturated carbocycles. The molecule has 150 valence electrons. The van der Waals surface area contributed by atoms with Crippen LogP contribution in [0, 0.1) is 5.92 Å². The van der Waals surface area contributed by atoms with Crippen LogP contribution in [0.5, 0.6) is 11.5 Å². The number of carbonyl (C=O) groups excluding carboxylic acids is 1. The van der Waals surface area contributed by atoms with Gasteiger partial charge in [-0.2, -0.15) is 0 Å². The van der Waals surface area contributed by atoms with E-state index in [1.54, 1.807) is 13.2 Å². The molecule has 1 atom stereocenters. The van der Waals surface area contributed by atoms with Gasteiger partial charge in [-0.15, -0.1) is 0 Å². The van der Waals surface area contributed by atoms with Crippen LogP contribution in [0.1, 0.15) is 25.0 Å². The number of nitrogens with one attached hydrogen (secondary N) is 1. The Morgan fingerprint density at radius 2 is 1.61 bits per heavy atom. The molecule has 0 aliphatic rings. The first-order valence-corrected chi connectivity index (χ1v) is 9.26. The molecule has 0 aliphatic heterocycles. The number of carbonyl (C=O) groups is 2. The Balaban J connectivity index is 1.99. The first-order chi connectivity index (χ1) is 13.4. The number of carboxylic acid groups (broad SMARTS) is 1. The number of amides is 1. The van der Waals surface area contributed by atoms with Gasteiger partial charge in [0.1, 0.15) is 11.5 Å². The molecule has 6 nitrogen and oxygen atoms in total. The molecular formula is C22H27NO5. The van der Waals surface area contributed by atoms with Crippen molar-refractivity contribution < 1.29 is 24.2 Å². The fraction of sp³-hybridized carbons (Fsp3) is 0.364.